The highest BCUT2D eigenvalue weighted by Crippen LogP contribution is 2.23. The Kier molecular flexibility index (Phi) is 7.63. The van der Waals surface area contributed by atoms with Gasteiger partial charge in [0.2, 0.25) is 5.91 Å². The molecule has 5 heteroatoms. The van der Waals surface area contributed by atoms with Gasteiger partial charge in [-0.05, 0) is 58.5 Å². The molecule has 1 aliphatic rings. The lowest BCUT2D eigenvalue weighted by Crippen LogP contribution is -2.57. The SMILES string of the molecule is CCCNC(C)(CC(C)N1CCCC(COC)C1)C(N)=O. The number of rotatable bonds is 9. The summed E-state index contributed by atoms with van der Waals surface area (Å²) in [7, 11) is 1.77. The molecule has 3 N–H and O–H groups in total. The number of likely N-dealkylation sites (tertiary alicyclic amines) is 1. The van der Waals surface area contributed by atoms with Crippen LogP contribution in [-0.2, 0) is 9.53 Å². The number of ether oxygens (including phenoxy) is 1. The molecule has 3 atom stereocenters. The summed E-state index contributed by atoms with van der Waals surface area (Å²) in [6.45, 7) is 10.0. The van der Waals surface area contributed by atoms with Gasteiger partial charge in [-0.15, -0.1) is 0 Å². The van der Waals surface area contributed by atoms with Gasteiger partial charge in [-0.3, -0.25) is 4.79 Å². The first-order valence-electron chi connectivity index (χ1n) is 8.20. The molecular weight excluding hydrogens is 266 g/mol. The highest BCUT2D eigenvalue weighted by atomic mass is 16.5. The summed E-state index contributed by atoms with van der Waals surface area (Å²) in [6, 6.07) is 0.339. The summed E-state index contributed by atoms with van der Waals surface area (Å²) in [5.74, 6) is 0.350. The van der Waals surface area contributed by atoms with Gasteiger partial charge in [0.1, 0.15) is 0 Å². The minimum atomic E-state index is -0.621. The van der Waals surface area contributed by atoms with Gasteiger partial charge in [0, 0.05) is 19.7 Å². The summed E-state index contributed by atoms with van der Waals surface area (Å²) < 4.78 is 5.29. The Labute approximate surface area is 129 Å². The second-order valence-corrected chi connectivity index (χ2v) is 6.63. The van der Waals surface area contributed by atoms with Crippen molar-refractivity contribution in [2.75, 3.05) is 33.4 Å². The lowest BCUT2D eigenvalue weighted by atomic mass is 9.89. The van der Waals surface area contributed by atoms with Gasteiger partial charge in [0.15, 0.2) is 0 Å². The molecule has 124 valence electrons. The van der Waals surface area contributed by atoms with E-state index in [1.807, 2.05) is 6.92 Å². The summed E-state index contributed by atoms with van der Waals surface area (Å²) in [4.78, 5) is 14.3. The molecule has 0 saturated carbocycles. The van der Waals surface area contributed by atoms with Crippen molar-refractivity contribution in [1.29, 1.82) is 0 Å². The molecule has 0 aromatic carbocycles. The molecule has 0 aliphatic carbocycles. The molecule has 0 radical (unpaired) electrons. The highest BCUT2D eigenvalue weighted by Gasteiger charge is 2.34. The number of piperidine rings is 1. The third-order valence-electron chi connectivity index (χ3n) is 4.59. The molecule has 1 aliphatic heterocycles. The largest absolute Gasteiger partial charge is 0.384 e. The van der Waals surface area contributed by atoms with Crippen molar-refractivity contribution in [2.24, 2.45) is 11.7 Å². The lowest BCUT2D eigenvalue weighted by Gasteiger charge is -2.40. The van der Waals surface area contributed by atoms with Crippen molar-refractivity contribution in [2.45, 2.75) is 58.0 Å². The highest BCUT2D eigenvalue weighted by molar-refractivity contribution is 5.84. The molecule has 0 bridgehead atoms. The average Bonchev–Trinajstić information content (AvgIpc) is 2.45. The van der Waals surface area contributed by atoms with Crippen LogP contribution >= 0.6 is 0 Å². The second-order valence-electron chi connectivity index (χ2n) is 6.63. The molecule has 1 heterocycles. The van der Waals surface area contributed by atoms with Gasteiger partial charge in [0.25, 0.3) is 0 Å². The van der Waals surface area contributed by atoms with Crippen molar-refractivity contribution in [3.8, 4) is 0 Å². The van der Waals surface area contributed by atoms with Gasteiger partial charge in [-0.1, -0.05) is 6.92 Å². The van der Waals surface area contributed by atoms with E-state index in [-0.39, 0.29) is 5.91 Å². The Morgan fingerprint density at radius 3 is 2.86 bits per heavy atom. The summed E-state index contributed by atoms with van der Waals surface area (Å²) in [5.41, 5.74) is 5.00. The Hall–Kier alpha value is -0.650. The number of methoxy groups -OCH3 is 1. The molecule has 1 saturated heterocycles. The normalized spacial score (nSPS) is 24.5. The average molecular weight is 299 g/mol. The maximum Gasteiger partial charge on any atom is 0.237 e. The maximum absolute atomic E-state index is 11.8. The van der Waals surface area contributed by atoms with Crippen LogP contribution in [0, 0.1) is 5.92 Å². The van der Waals surface area contributed by atoms with E-state index < -0.39 is 5.54 Å². The van der Waals surface area contributed by atoms with Crippen LogP contribution in [0.1, 0.15) is 46.5 Å². The molecule has 21 heavy (non-hydrogen) atoms. The van der Waals surface area contributed by atoms with Crippen LogP contribution in [0.4, 0.5) is 0 Å². The minimum absolute atomic E-state index is 0.256. The monoisotopic (exact) mass is 299 g/mol. The van der Waals surface area contributed by atoms with Crippen molar-refractivity contribution in [1.82, 2.24) is 10.2 Å². The molecule has 3 unspecified atom stereocenters. The first-order valence-corrected chi connectivity index (χ1v) is 8.20. The fourth-order valence-corrected chi connectivity index (χ4v) is 3.25. The van der Waals surface area contributed by atoms with Crippen molar-refractivity contribution < 1.29 is 9.53 Å². The zero-order valence-corrected chi connectivity index (χ0v) is 14.2. The van der Waals surface area contributed by atoms with Gasteiger partial charge in [0.05, 0.1) is 12.1 Å². The summed E-state index contributed by atoms with van der Waals surface area (Å²) in [6.07, 6.45) is 4.19. The van der Waals surface area contributed by atoms with Gasteiger partial charge in [-0.2, -0.15) is 0 Å². The van der Waals surface area contributed by atoms with E-state index in [4.69, 9.17) is 10.5 Å². The van der Waals surface area contributed by atoms with Crippen LogP contribution in [-0.4, -0.2) is 55.7 Å². The van der Waals surface area contributed by atoms with Crippen LogP contribution in [0.25, 0.3) is 0 Å². The predicted molar refractivity (Wildman–Crippen MR) is 86.1 cm³/mol. The number of nitrogens with zero attached hydrogens (tertiary/aromatic N) is 1. The molecule has 0 spiro atoms. The van der Waals surface area contributed by atoms with E-state index in [1.54, 1.807) is 7.11 Å². The molecular formula is C16H33N3O2. The van der Waals surface area contributed by atoms with Gasteiger partial charge in [-0.25, -0.2) is 0 Å². The number of hydrogen-bond acceptors (Lipinski definition) is 4. The second kappa shape index (κ2) is 8.71. The lowest BCUT2D eigenvalue weighted by molar-refractivity contribution is -0.124. The Morgan fingerprint density at radius 1 is 1.57 bits per heavy atom. The third-order valence-corrected chi connectivity index (χ3v) is 4.59. The fraction of sp³-hybridized carbons (Fsp3) is 0.938. The smallest absolute Gasteiger partial charge is 0.237 e. The topological polar surface area (TPSA) is 67.6 Å². The summed E-state index contributed by atoms with van der Waals surface area (Å²) in [5, 5.41) is 3.33. The van der Waals surface area contributed by atoms with Crippen molar-refractivity contribution >= 4 is 5.91 Å². The number of primary amides is 1. The fourth-order valence-electron chi connectivity index (χ4n) is 3.25. The minimum Gasteiger partial charge on any atom is -0.384 e. The number of hydrogen-bond donors (Lipinski definition) is 2. The van der Waals surface area contributed by atoms with Crippen LogP contribution in [0.5, 0.6) is 0 Å². The number of carbonyl (C=O) groups is 1. The quantitative estimate of drug-likeness (QED) is 0.675. The van der Waals surface area contributed by atoms with E-state index in [1.165, 1.54) is 12.8 Å². The van der Waals surface area contributed by atoms with E-state index in [0.717, 1.165) is 39.1 Å². The van der Waals surface area contributed by atoms with Crippen LogP contribution in [0.15, 0.2) is 0 Å². The molecule has 1 rings (SSSR count). The third kappa shape index (κ3) is 5.57. The number of nitrogens with one attached hydrogen (secondary N) is 1. The van der Waals surface area contributed by atoms with Crippen molar-refractivity contribution in [3.63, 3.8) is 0 Å². The van der Waals surface area contributed by atoms with Crippen LogP contribution in [0.2, 0.25) is 0 Å². The molecule has 1 amide bonds. The van der Waals surface area contributed by atoms with Crippen molar-refractivity contribution in [3.05, 3.63) is 0 Å². The zero-order chi connectivity index (χ0) is 15.9. The van der Waals surface area contributed by atoms with Crippen LogP contribution < -0.4 is 11.1 Å². The number of nitrogens with two attached hydrogens (primary N) is 1. The molecule has 0 aromatic heterocycles. The Bertz CT molecular complexity index is 323. The van der Waals surface area contributed by atoms with E-state index in [9.17, 15) is 4.79 Å². The van der Waals surface area contributed by atoms with Gasteiger partial charge >= 0.3 is 0 Å². The van der Waals surface area contributed by atoms with E-state index in [0.29, 0.717) is 12.0 Å². The van der Waals surface area contributed by atoms with E-state index >= 15 is 0 Å². The van der Waals surface area contributed by atoms with E-state index in [2.05, 4.69) is 24.1 Å². The maximum atomic E-state index is 11.8. The van der Waals surface area contributed by atoms with Crippen LogP contribution in [0.3, 0.4) is 0 Å². The number of amides is 1. The zero-order valence-electron chi connectivity index (χ0n) is 14.2. The predicted octanol–water partition coefficient (Wildman–Crippen LogP) is 1.37. The Morgan fingerprint density at radius 2 is 2.29 bits per heavy atom. The molecule has 1 fully saturated rings. The number of carbonyl (C=O) groups excluding carboxylic acids is 1. The first kappa shape index (κ1) is 18.4. The molecule has 0 aromatic rings. The van der Waals surface area contributed by atoms with Gasteiger partial charge < -0.3 is 20.7 Å². The Balaban J connectivity index is 2.59. The standard InChI is InChI=1S/C16H33N3O2/c1-5-8-18-16(3,15(17)20)10-13(2)19-9-6-7-14(11-19)12-21-4/h13-14,18H,5-12H2,1-4H3,(H2,17,20). The summed E-state index contributed by atoms with van der Waals surface area (Å²) >= 11 is 0. The first-order chi connectivity index (χ1) is 9.92. The molecule has 5 nitrogen and oxygen atoms in total.